The average Bonchev–Trinajstić information content (AvgIpc) is 3.23. The van der Waals surface area contributed by atoms with Gasteiger partial charge in [-0.2, -0.15) is 0 Å². The van der Waals surface area contributed by atoms with Gasteiger partial charge < -0.3 is 25.3 Å². The molecule has 0 saturated carbocycles. The van der Waals surface area contributed by atoms with Crippen molar-refractivity contribution < 1.29 is 19.1 Å². The van der Waals surface area contributed by atoms with Crippen LogP contribution in [0.2, 0.25) is 0 Å². The van der Waals surface area contributed by atoms with Gasteiger partial charge in [0.2, 0.25) is 17.7 Å². The lowest BCUT2D eigenvalue weighted by Crippen LogP contribution is -2.66. The summed E-state index contributed by atoms with van der Waals surface area (Å²) in [4.78, 5) is 44.8. The monoisotopic (exact) mass is 488 g/mol. The second kappa shape index (κ2) is 9.68. The van der Waals surface area contributed by atoms with E-state index in [1.54, 1.807) is 12.0 Å². The molecule has 188 valence electrons. The summed E-state index contributed by atoms with van der Waals surface area (Å²) in [5, 5.41) is 6.81. The zero-order valence-corrected chi connectivity index (χ0v) is 20.8. The van der Waals surface area contributed by atoms with Crippen LogP contribution in [0.4, 0.5) is 5.69 Å². The van der Waals surface area contributed by atoms with Gasteiger partial charge in [-0.15, -0.1) is 0 Å². The zero-order chi connectivity index (χ0) is 25.4. The zero-order valence-electron chi connectivity index (χ0n) is 20.8. The summed E-state index contributed by atoms with van der Waals surface area (Å²) in [5.74, 6) is 0.594. The second-order valence-corrected chi connectivity index (χ2v) is 10.1. The molecule has 3 aromatic rings. The van der Waals surface area contributed by atoms with Crippen LogP contribution in [0, 0.1) is 5.92 Å². The number of piperazine rings is 1. The molecule has 8 nitrogen and oxygen atoms in total. The highest BCUT2D eigenvalue weighted by Crippen LogP contribution is 2.42. The van der Waals surface area contributed by atoms with Gasteiger partial charge in [0.1, 0.15) is 17.8 Å². The number of rotatable bonds is 7. The van der Waals surface area contributed by atoms with Crippen LogP contribution in [-0.4, -0.2) is 46.8 Å². The molecule has 1 aromatic heterocycles. The molecule has 0 aliphatic carbocycles. The van der Waals surface area contributed by atoms with Crippen LogP contribution >= 0.6 is 0 Å². The Hall–Kier alpha value is -3.81. The lowest BCUT2D eigenvalue weighted by molar-refractivity contribution is -0.154. The van der Waals surface area contributed by atoms with E-state index in [0.29, 0.717) is 18.0 Å². The Morgan fingerprint density at radius 1 is 1.17 bits per heavy atom. The summed E-state index contributed by atoms with van der Waals surface area (Å²) >= 11 is 0. The number of carbonyl (C=O) groups excluding carboxylic acids is 3. The van der Waals surface area contributed by atoms with Gasteiger partial charge in [-0.05, 0) is 48.6 Å². The van der Waals surface area contributed by atoms with Gasteiger partial charge in [-0.1, -0.05) is 32.0 Å². The van der Waals surface area contributed by atoms with Crippen LogP contribution in [0.3, 0.4) is 0 Å². The van der Waals surface area contributed by atoms with Crippen LogP contribution < -0.4 is 15.4 Å². The number of anilines is 1. The lowest BCUT2D eigenvalue weighted by atomic mass is 9.85. The predicted molar refractivity (Wildman–Crippen MR) is 138 cm³/mol. The van der Waals surface area contributed by atoms with E-state index >= 15 is 0 Å². The van der Waals surface area contributed by atoms with Crippen LogP contribution in [0.1, 0.15) is 50.4 Å². The first-order chi connectivity index (χ1) is 17.4. The molecule has 3 heterocycles. The fourth-order valence-electron chi connectivity index (χ4n) is 5.46. The van der Waals surface area contributed by atoms with Gasteiger partial charge in [0.05, 0.1) is 13.2 Å². The maximum Gasteiger partial charge on any atom is 0.246 e. The molecule has 1 fully saturated rings. The van der Waals surface area contributed by atoms with Crippen LogP contribution in [-0.2, 0) is 20.8 Å². The Morgan fingerprint density at radius 3 is 2.67 bits per heavy atom. The first-order valence-corrected chi connectivity index (χ1v) is 12.5. The van der Waals surface area contributed by atoms with Gasteiger partial charge in [0.15, 0.2) is 0 Å². The fraction of sp³-hybridized carbons (Fsp3) is 0.393. The summed E-state index contributed by atoms with van der Waals surface area (Å²) in [6.07, 6.45) is 1.57. The topological polar surface area (TPSA) is 104 Å². The standard InChI is InChI=1S/C28H32N4O4/c1-16(2)13-23-26-20(19-10-9-18(36-3)14-22(19)30-26)15-24-27(34)31-21(28(35)32(23)24)11-12-25(33)29-17-7-5-4-6-8-17/h4-10,14,16,21,23-24,30H,11-13,15H2,1-3H3,(H,29,33)(H,31,34). The molecule has 3 unspecified atom stereocenters. The molecule has 36 heavy (non-hydrogen) atoms. The molecule has 8 heteroatoms. The van der Waals surface area contributed by atoms with Crippen molar-refractivity contribution in [3.05, 3.63) is 59.8 Å². The number of H-pyrrole nitrogens is 1. The van der Waals surface area contributed by atoms with Crippen LogP contribution in [0.15, 0.2) is 48.5 Å². The van der Waals surface area contributed by atoms with E-state index in [2.05, 4.69) is 29.5 Å². The number of ether oxygens (including phenoxy) is 1. The van der Waals surface area contributed by atoms with Crippen molar-refractivity contribution in [2.45, 2.75) is 57.7 Å². The number of aromatic nitrogens is 1. The van der Waals surface area contributed by atoms with Gasteiger partial charge in [-0.3, -0.25) is 14.4 Å². The molecule has 2 aliphatic heterocycles. The number of hydrogen-bond acceptors (Lipinski definition) is 4. The Kier molecular flexibility index (Phi) is 6.43. The van der Waals surface area contributed by atoms with E-state index in [1.165, 1.54) is 0 Å². The Balaban J connectivity index is 1.40. The van der Waals surface area contributed by atoms with Gasteiger partial charge in [-0.25, -0.2) is 0 Å². The minimum Gasteiger partial charge on any atom is -0.497 e. The minimum absolute atomic E-state index is 0.125. The molecule has 5 rings (SSSR count). The molecule has 1 saturated heterocycles. The molecule has 3 N–H and O–H groups in total. The number of aromatic amines is 1. The summed E-state index contributed by atoms with van der Waals surface area (Å²) in [6, 6.07) is 13.6. The van der Waals surface area contributed by atoms with E-state index in [9.17, 15) is 14.4 Å². The lowest BCUT2D eigenvalue weighted by Gasteiger charge is -2.46. The Morgan fingerprint density at radius 2 is 1.94 bits per heavy atom. The normalized spacial score (nSPS) is 21.2. The summed E-state index contributed by atoms with van der Waals surface area (Å²) in [7, 11) is 1.63. The quantitative estimate of drug-likeness (QED) is 0.469. The van der Waals surface area contributed by atoms with E-state index in [0.717, 1.165) is 34.3 Å². The fourth-order valence-corrected chi connectivity index (χ4v) is 5.46. The van der Waals surface area contributed by atoms with Crippen molar-refractivity contribution in [3.8, 4) is 5.75 Å². The number of nitrogens with zero attached hydrogens (tertiary/aromatic N) is 1. The maximum absolute atomic E-state index is 13.7. The predicted octanol–water partition coefficient (Wildman–Crippen LogP) is 3.93. The van der Waals surface area contributed by atoms with Crippen molar-refractivity contribution in [1.29, 1.82) is 0 Å². The third kappa shape index (κ3) is 4.43. The Labute approximate surface area is 210 Å². The number of hydrogen-bond donors (Lipinski definition) is 3. The van der Waals surface area contributed by atoms with E-state index in [-0.39, 0.29) is 36.6 Å². The van der Waals surface area contributed by atoms with Gasteiger partial charge in [0.25, 0.3) is 0 Å². The number of carbonyl (C=O) groups is 3. The van der Waals surface area contributed by atoms with Crippen molar-refractivity contribution >= 4 is 34.3 Å². The van der Waals surface area contributed by atoms with E-state index in [4.69, 9.17) is 4.74 Å². The molecular formula is C28H32N4O4. The molecule has 3 atom stereocenters. The summed E-state index contributed by atoms with van der Waals surface area (Å²) < 4.78 is 5.39. The third-order valence-corrected chi connectivity index (χ3v) is 7.13. The van der Waals surface area contributed by atoms with Crippen molar-refractivity contribution in [2.24, 2.45) is 5.92 Å². The van der Waals surface area contributed by atoms with Crippen LogP contribution in [0.5, 0.6) is 5.75 Å². The second-order valence-electron chi connectivity index (χ2n) is 10.1. The number of amides is 3. The number of methoxy groups -OCH3 is 1. The van der Waals surface area contributed by atoms with Crippen molar-refractivity contribution in [3.63, 3.8) is 0 Å². The van der Waals surface area contributed by atoms with Crippen molar-refractivity contribution in [2.75, 3.05) is 12.4 Å². The average molecular weight is 489 g/mol. The van der Waals surface area contributed by atoms with Crippen molar-refractivity contribution in [1.82, 2.24) is 15.2 Å². The highest BCUT2D eigenvalue weighted by molar-refractivity contribution is 5.99. The number of benzene rings is 2. The number of para-hydroxylation sites is 1. The highest BCUT2D eigenvalue weighted by Gasteiger charge is 2.48. The van der Waals surface area contributed by atoms with E-state index in [1.807, 2.05) is 48.5 Å². The molecule has 2 aromatic carbocycles. The molecule has 0 radical (unpaired) electrons. The summed E-state index contributed by atoms with van der Waals surface area (Å²) in [6.45, 7) is 4.24. The molecule has 3 amide bonds. The SMILES string of the molecule is COc1ccc2c3c([nH]c2c1)C(CC(C)C)N1C(=O)C(CCC(=O)Nc2ccccc2)NC(=O)C1C3. The summed E-state index contributed by atoms with van der Waals surface area (Å²) in [5.41, 5.74) is 3.72. The van der Waals surface area contributed by atoms with Gasteiger partial charge in [0, 0.05) is 41.2 Å². The first-order valence-electron chi connectivity index (χ1n) is 12.5. The first kappa shape index (κ1) is 23.9. The third-order valence-electron chi connectivity index (χ3n) is 7.13. The molecule has 2 aliphatic rings. The minimum atomic E-state index is -0.726. The highest BCUT2D eigenvalue weighted by atomic mass is 16.5. The Bertz CT molecular complexity index is 1300. The smallest absolute Gasteiger partial charge is 0.246 e. The van der Waals surface area contributed by atoms with E-state index < -0.39 is 12.1 Å². The largest absolute Gasteiger partial charge is 0.497 e. The maximum atomic E-state index is 13.7. The van der Waals surface area contributed by atoms with Crippen LogP contribution in [0.25, 0.3) is 10.9 Å². The van der Waals surface area contributed by atoms with Gasteiger partial charge >= 0.3 is 0 Å². The molecule has 0 bridgehead atoms. The number of fused-ring (bicyclic) bond motifs is 4. The molecule has 0 spiro atoms. The molecular weight excluding hydrogens is 456 g/mol. The number of nitrogens with one attached hydrogen (secondary N) is 3.